The van der Waals surface area contributed by atoms with Crippen LogP contribution in [0.15, 0.2) is 21.5 Å². The van der Waals surface area contributed by atoms with Crippen LogP contribution < -0.4 is 5.14 Å². The molecule has 1 aromatic carbocycles. The van der Waals surface area contributed by atoms with Crippen LogP contribution in [-0.4, -0.2) is 32.8 Å². The summed E-state index contributed by atoms with van der Waals surface area (Å²) in [5.74, 6) is -0.202. The van der Waals surface area contributed by atoms with Crippen molar-refractivity contribution < 1.29 is 13.2 Å². The molecular formula is C14H21BrN2O3S. The molecule has 0 aliphatic heterocycles. The molecule has 0 saturated carbocycles. The van der Waals surface area contributed by atoms with Gasteiger partial charge in [-0.1, -0.05) is 19.8 Å². The molecule has 5 nitrogen and oxygen atoms in total. The highest BCUT2D eigenvalue weighted by Crippen LogP contribution is 2.27. The highest BCUT2D eigenvalue weighted by Gasteiger charge is 2.20. The lowest BCUT2D eigenvalue weighted by atomic mass is 10.1. The number of benzene rings is 1. The number of hydrogen-bond donors (Lipinski definition) is 1. The molecule has 0 aliphatic rings. The minimum Gasteiger partial charge on any atom is -0.342 e. The maximum atomic E-state index is 12.4. The average molecular weight is 377 g/mol. The van der Waals surface area contributed by atoms with Crippen LogP contribution in [-0.2, 0) is 10.0 Å². The third-order valence-electron chi connectivity index (χ3n) is 3.22. The molecule has 2 N–H and O–H groups in total. The second-order valence-corrected chi connectivity index (χ2v) is 7.41. The van der Waals surface area contributed by atoms with Crippen molar-refractivity contribution in [3.05, 3.63) is 27.7 Å². The Morgan fingerprint density at radius 3 is 2.48 bits per heavy atom. The molecule has 0 fully saturated rings. The fourth-order valence-corrected chi connectivity index (χ4v) is 3.60. The first kappa shape index (κ1) is 18.1. The van der Waals surface area contributed by atoms with Gasteiger partial charge in [-0.05, 0) is 47.0 Å². The van der Waals surface area contributed by atoms with Crippen molar-refractivity contribution >= 4 is 31.9 Å². The molecule has 21 heavy (non-hydrogen) atoms. The number of halogens is 1. The van der Waals surface area contributed by atoms with Gasteiger partial charge in [-0.15, -0.1) is 0 Å². The summed E-state index contributed by atoms with van der Waals surface area (Å²) in [6, 6.07) is 2.99. The smallest absolute Gasteiger partial charge is 0.253 e. The second-order valence-electron chi connectivity index (χ2n) is 5.08. The molecule has 0 radical (unpaired) electrons. The fourth-order valence-electron chi connectivity index (χ4n) is 1.99. The number of nitrogens with two attached hydrogens (primary N) is 1. The third kappa shape index (κ3) is 4.79. The van der Waals surface area contributed by atoms with Gasteiger partial charge in [-0.2, -0.15) is 0 Å². The number of rotatable bonds is 6. The van der Waals surface area contributed by atoms with Gasteiger partial charge in [0.2, 0.25) is 10.0 Å². The molecule has 7 heteroatoms. The van der Waals surface area contributed by atoms with Gasteiger partial charge in [0, 0.05) is 23.6 Å². The minimum atomic E-state index is -3.88. The number of carbonyl (C=O) groups is 1. The predicted octanol–water partition coefficient (Wildman–Crippen LogP) is 2.67. The van der Waals surface area contributed by atoms with Gasteiger partial charge in [-0.25, -0.2) is 13.6 Å². The maximum Gasteiger partial charge on any atom is 0.253 e. The third-order valence-corrected chi connectivity index (χ3v) is 5.47. The van der Waals surface area contributed by atoms with Gasteiger partial charge in [0.05, 0.1) is 4.90 Å². The summed E-state index contributed by atoms with van der Waals surface area (Å²) < 4.78 is 23.6. The van der Waals surface area contributed by atoms with Crippen molar-refractivity contribution in [2.45, 2.75) is 38.0 Å². The zero-order valence-corrected chi connectivity index (χ0v) is 14.9. The van der Waals surface area contributed by atoms with E-state index in [1.807, 2.05) is 0 Å². The molecule has 0 unspecified atom stereocenters. The van der Waals surface area contributed by atoms with Crippen molar-refractivity contribution in [1.82, 2.24) is 4.90 Å². The van der Waals surface area contributed by atoms with E-state index in [9.17, 15) is 13.2 Å². The number of primary sulfonamides is 1. The van der Waals surface area contributed by atoms with Crippen molar-refractivity contribution in [1.29, 1.82) is 0 Å². The van der Waals surface area contributed by atoms with Crippen LogP contribution in [0.5, 0.6) is 0 Å². The highest BCUT2D eigenvalue weighted by atomic mass is 79.9. The van der Waals surface area contributed by atoms with Crippen molar-refractivity contribution in [2.75, 3.05) is 13.6 Å². The quantitative estimate of drug-likeness (QED) is 0.774. The van der Waals surface area contributed by atoms with Gasteiger partial charge in [0.1, 0.15) is 0 Å². The fraction of sp³-hybridized carbons (Fsp3) is 0.500. The standard InChI is InChI=1S/C14H21BrN2O3S/c1-4-5-6-7-17(3)14(18)11-8-10(2)13(15)12(9-11)21(16,19)20/h8-9H,4-7H2,1-3H3,(H2,16,19,20). The normalized spacial score (nSPS) is 11.5. The Labute approximate surface area is 134 Å². The van der Waals surface area contributed by atoms with Crippen LogP contribution in [0.3, 0.4) is 0 Å². The number of aryl methyl sites for hydroxylation is 1. The van der Waals surface area contributed by atoms with Gasteiger partial charge >= 0.3 is 0 Å². The summed E-state index contributed by atoms with van der Waals surface area (Å²) in [6.07, 6.45) is 3.06. The molecule has 0 atom stereocenters. The number of amides is 1. The van der Waals surface area contributed by atoms with E-state index in [0.717, 1.165) is 19.3 Å². The molecule has 1 amide bonds. The lowest BCUT2D eigenvalue weighted by molar-refractivity contribution is 0.0792. The first-order valence-corrected chi connectivity index (χ1v) is 9.10. The summed E-state index contributed by atoms with van der Waals surface area (Å²) in [6.45, 7) is 4.47. The van der Waals surface area contributed by atoms with Gasteiger partial charge in [-0.3, -0.25) is 4.79 Å². The molecule has 0 aliphatic carbocycles. The topological polar surface area (TPSA) is 80.5 Å². The zero-order valence-electron chi connectivity index (χ0n) is 12.5. The summed E-state index contributed by atoms with van der Waals surface area (Å²) in [4.78, 5) is 13.9. The first-order chi connectivity index (χ1) is 9.68. The molecule has 0 saturated heterocycles. The monoisotopic (exact) mass is 376 g/mol. The van der Waals surface area contributed by atoms with Crippen molar-refractivity contribution in [3.63, 3.8) is 0 Å². The van der Waals surface area contributed by atoms with Crippen LogP contribution in [0, 0.1) is 6.92 Å². The van der Waals surface area contributed by atoms with Gasteiger partial charge in [0.25, 0.3) is 5.91 Å². The van der Waals surface area contributed by atoms with Crippen LogP contribution in [0.2, 0.25) is 0 Å². The summed E-state index contributed by atoms with van der Waals surface area (Å²) in [7, 11) is -2.16. The first-order valence-electron chi connectivity index (χ1n) is 6.77. The van der Waals surface area contributed by atoms with E-state index in [0.29, 0.717) is 22.1 Å². The van der Waals surface area contributed by atoms with Crippen molar-refractivity contribution in [3.8, 4) is 0 Å². The average Bonchev–Trinajstić information content (AvgIpc) is 2.39. The van der Waals surface area contributed by atoms with Crippen LogP contribution in [0.4, 0.5) is 0 Å². The van der Waals surface area contributed by atoms with Crippen molar-refractivity contribution in [2.24, 2.45) is 5.14 Å². The molecule has 118 valence electrons. The molecule has 0 heterocycles. The van der Waals surface area contributed by atoms with E-state index in [-0.39, 0.29) is 10.8 Å². The molecule has 1 rings (SSSR count). The van der Waals surface area contributed by atoms with Crippen LogP contribution in [0.25, 0.3) is 0 Å². The maximum absolute atomic E-state index is 12.4. The highest BCUT2D eigenvalue weighted by molar-refractivity contribution is 9.10. The van der Waals surface area contributed by atoms with Gasteiger partial charge < -0.3 is 4.90 Å². The van der Waals surface area contributed by atoms with Crippen LogP contribution >= 0.6 is 15.9 Å². The number of hydrogen-bond acceptors (Lipinski definition) is 3. The number of carbonyl (C=O) groups excluding carboxylic acids is 1. The number of nitrogens with zero attached hydrogens (tertiary/aromatic N) is 1. The van der Waals surface area contributed by atoms with Crippen LogP contribution in [0.1, 0.15) is 42.1 Å². The van der Waals surface area contributed by atoms with Gasteiger partial charge in [0.15, 0.2) is 0 Å². The van der Waals surface area contributed by atoms with E-state index >= 15 is 0 Å². The largest absolute Gasteiger partial charge is 0.342 e. The minimum absolute atomic E-state index is 0.0622. The summed E-state index contributed by atoms with van der Waals surface area (Å²) in [5, 5.41) is 5.19. The molecular weight excluding hydrogens is 356 g/mol. The predicted molar refractivity (Wildman–Crippen MR) is 86.7 cm³/mol. The Bertz CT molecular complexity index is 629. The van der Waals surface area contributed by atoms with E-state index in [2.05, 4.69) is 22.9 Å². The SMILES string of the molecule is CCCCCN(C)C(=O)c1cc(C)c(Br)c(S(N)(=O)=O)c1. The van der Waals surface area contributed by atoms with E-state index in [4.69, 9.17) is 5.14 Å². The Morgan fingerprint density at radius 1 is 1.33 bits per heavy atom. The summed E-state index contributed by atoms with van der Waals surface area (Å²) in [5.41, 5.74) is 0.991. The molecule has 1 aromatic rings. The van der Waals surface area contributed by atoms with E-state index < -0.39 is 10.0 Å². The number of sulfonamides is 1. The van der Waals surface area contributed by atoms with E-state index in [1.165, 1.54) is 6.07 Å². The second kappa shape index (κ2) is 7.38. The lowest BCUT2D eigenvalue weighted by Crippen LogP contribution is -2.28. The number of unbranched alkanes of at least 4 members (excludes halogenated alkanes) is 2. The molecule has 0 bridgehead atoms. The molecule has 0 spiro atoms. The summed E-state index contributed by atoms with van der Waals surface area (Å²) >= 11 is 3.20. The Morgan fingerprint density at radius 2 is 1.95 bits per heavy atom. The Kier molecular flexibility index (Phi) is 6.37. The Hall–Kier alpha value is -0.920. The lowest BCUT2D eigenvalue weighted by Gasteiger charge is -2.18. The zero-order chi connectivity index (χ0) is 16.2. The Balaban J connectivity index is 3.09. The van der Waals surface area contributed by atoms with E-state index in [1.54, 1.807) is 24.9 Å². The molecule has 0 aromatic heterocycles.